The summed E-state index contributed by atoms with van der Waals surface area (Å²) in [6.07, 6.45) is 2.00. The molecule has 0 saturated heterocycles. The zero-order valence-corrected chi connectivity index (χ0v) is 10.3. The molecule has 0 amide bonds. The number of anilines is 1. The second-order valence-corrected chi connectivity index (χ2v) is 4.52. The van der Waals surface area contributed by atoms with Crippen molar-refractivity contribution in [1.82, 2.24) is 9.78 Å². The van der Waals surface area contributed by atoms with E-state index in [2.05, 4.69) is 24.2 Å². The fourth-order valence-corrected chi connectivity index (χ4v) is 2.00. The quantitative estimate of drug-likeness (QED) is 0.829. The number of rotatable bonds is 3. The predicted molar refractivity (Wildman–Crippen MR) is 68.7 cm³/mol. The van der Waals surface area contributed by atoms with Gasteiger partial charge in [-0.25, -0.2) is 4.68 Å². The fourth-order valence-electron chi connectivity index (χ4n) is 1.58. The van der Waals surface area contributed by atoms with Crippen LogP contribution in [0.4, 0.5) is 5.82 Å². The molecular formula is C12H15N3S. The lowest BCUT2D eigenvalue weighted by Gasteiger charge is -2.06. The Bertz CT molecular complexity index is 491. The molecule has 0 unspecified atom stereocenters. The van der Waals surface area contributed by atoms with Crippen LogP contribution in [0.15, 0.2) is 35.4 Å². The first kappa shape index (κ1) is 11.1. The Labute approximate surface area is 99.7 Å². The lowest BCUT2D eigenvalue weighted by molar-refractivity contribution is 0.673. The number of nitrogens with two attached hydrogens (primary N) is 1. The second kappa shape index (κ2) is 4.61. The molecule has 1 aromatic carbocycles. The third kappa shape index (κ3) is 2.22. The molecule has 2 N–H and O–H groups in total. The SMILES string of the molecule is CSc1cc(N)n(Cc2ccccc2C)n1. The first-order valence-electron chi connectivity index (χ1n) is 5.12. The Kier molecular flexibility index (Phi) is 3.19. The van der Waals surface area contributed by atoms with Gasteiger partial charge < -0.3 is 5.73 Å². The second-order valence-electron chi connectivity index (χ2n) is 3.70. The van der Waals surface area contributed by atoms with E-state index in [1.807, 2.05) is 29.1 Å². The molecule has 0 bridgehead atoms. The smallest absolute Gasteiger partial charge is 0.123 e. The van der Waals surface area contributed by atoms with Gasteiger partial charge in [0.05, 0.1) is 6.54 Å². The van der Waals surface area contributed by atoms with E-state index in [0.29, 0.717) is 5.82 Å². The van der Waals surface area contributed by atoms with Crippen molar-refractivity contribution in [2.45, 2.75) is 18.5 Å². The van der Waals surface area contributed by atoms with Crippen LogP contribution in [0.3, 0.4) is 0 Å². The summed E-state index contributed by atoms with van der Waals surface area (Å²) in [4.78, 5) is 0. The minimum Gasteiger partial charge on any atom is -0.384 e. The number of nitrogen functional groups attached to an aromatic ring is 1. The molecule has 0 spiro atoms. The molecule has 84 valence electrons. The highest BCUT2D eigenvalue weighted by atomic mass is 32.2. The summed E-state index contributed by atoms with van der Waals surface area (Å²) in [6, 6.07) is 10.2. The molecule has 16 heavy (non-hydrogen) atoms. The van der Waals surface area contributed by atoms with Crippen LogP contribution in [0.2, 0.25) is 0 Å². The summed E-state index contributed by atoms with van der Waals surface area (Å²) in [5, 5.41) is 5.38. The van der Waals surface area contributed by atoms with Gasteiger partial charge in [-0.3, -0.25) is 0 Å². The topological polar surface area (TPSA) is 43.8 Å². The van der Waals surface area contributed by atoms with Crippen LogP contribution in [-0.2, 0) is 6.54 Å². The monoisotopic (exact) mass is 233 g/mol. The van der Waals surface area contributed by atoms with E-state index < -0.39 is 0 Å². The molecule has 0 fully saturated rings. The number of thioether (sulfide) groups is 1. The molecule has 0 radical (unpaired) electrons. The Morgan fingerprint density at radius 1 is 1.38 bits per heavy atom. The maximum atomic E-state index is 5.90. The summed E-state index contributed by atoms with van der Waals surface area (Å²) in [5.41, 5.74) is 8.42. The molecule has 3 nitrogen and oxygen atoms in total. The predicted octanol–water partition coefficient (Wildman–Crippen LogP) is 2.54. The maximum Gasteiger partial charge on any atom is 0.123 e. The highest BCUT2D eigenvalue weighted by molar-refractivity contribution is 7.98. The Balaban J connectivity index is 2.27. The third-order valence-corrected chi connectivity index (χ3v) is 3.20. The van der Waals surface area contributed by atoms with Gasteiger partial charge in [0.25, 0.3) is 0 Å². The molecule has 4 heteroatoms. The average Bonchev–Trinajstić information content (AvgIpc) is 2.63. The van der Waals surface area contributed by atoms with Crippen molar-refractivity contribution in [2.75, 3.05) is 12.0 Å². The number of nitrogens with zero attached hydrogens (tertiary/aromatic N) is 2. The molecule has 0 aliphatic rings. The minimum atomic E-state index is 0.715. The molecule has 0 saturated carbocycles. The number of aromatic nitrogens is 2. The van der Waals surface area contributed by atoms with E-state index in [1.165, 1.54) is 11.1 Å². The molecule has 1 aromatic heterocycles. The van der Waals surface area contributed by atoms with Gasteiger partial charge in [0.1, 0.15) is 10.8 Å². The van der Waals surface area contributed by atoms with Crippen LogP contribution in [-0.4, -0.2) is 16.0 Å². The Morgan fingerprint density at radius 2 is 2.12 bits per heavy atom. The van der Waals surface area contributed by atoms with Gasteiger partial charge in [0, 0.05) is 6.07 Å². The first-order chi connectivity index (χ1) is 7.70. The highest BCUT2D eigenvalue weighted by Crippen LogP contribution is 2.18. The standard InChI is InChI=1S/C12H15N3S/c1-9-5-3-4-6-10(9)8-15-11(13)7-12(14-15)16-2/h3-7H,8,13H2,1-2H3. The van der Waals surface area contributed by atoms with Crippen molar-refractivity contribution < 1.29 is 0 Å². The number of aryl methyl sites for hydroxylation is 1. The highest BCUT2D eigenvalue weighted by Gasteiger charge is 2.05. The van der Waals surface area contributed by atoms with Crippen molar-refractivity contribution in [2.24, 2.45) is 0 Å². The molecule has 1 heterocycles. The van der Waals surface area contributed by atoms with Gasteiger partial charge in [-0.15, -0.1) is 11.8 Å². The molecule has 2 aromatic rings. The lowest BCUT2D eigenvalue weighted by atomic mass is 10.1. The zero-order valence-electron chi connectivity index (χ0n) is 9.47. The van der Waals surface area contributed by atoms with E-state index in [1.54, 1.807) is 11.8 Å². The van der Waals surface area contributed by atoms with E-state index in [4.69, 9.17) is 5.73 Å². The summed E-state index contributed by atoms with van der Waals surface area (Å²) in [6.45, 7) is 2.84. The van der Waals surface area contributed by atoms with Crippen LogP contribution in [0.1, 0.15) is 11.1 Å². The summed E-state index contributed by atoms with van der Waals surface area (Å²) >= 11 is 1.61. The number of benzene rings is 1. The largest absolute Gasteiger partial charge is 0.384 e. The van der Waals surface area contributed by atoms with Gasteiger partial charge in [-0.1, -0.05) is 24.3 Å². The van der Waals surface area contributed by atoms with Gasteiger partial charge in [-0.2, -0.15) is 5.10 Å². The fraction of sp³-hybridized carbons (Fsp3) is 0.250. The molecule has 0 aliphatic heterocycles. The minimum absolute atomic E-state index is 0.715. The maximum absolute atomic E-state index is 5.90. The van der Waals surface area contributed by atoms with E-state index in [0.717, 1.165) is 11.6 Å². The summed E-state index contributed by atoms with van der Waals surface area (Å²) in [7, 11) is 0. The van der Waals surface area contributed by atoms with E-state index in [-0.39, 0.29) is 0 Å². The first-order valence-corrected chi connectivity index (χ1v) is 6.35. The lowest BCUT2D eigenvalue weighted by Crippen LogP contribution is -2.06. The van der Waals surface area contributed by atoms with Crippen molar-refractivity contribution in [1.29, 1.82) is 0 Å². The van der Waals surface area contributed by atoms with Gasteiger partial charge >= 0.3 is 0 Å². The van der Waals surface area contributed by atoms with E-state index >= 15 is 0 Å². The van der Waals surface area contributed by atoms with Gasteiger partial charge in [0.2, 0.25) is 0 Å². The average molecular weight is 233 g/mol. The van der Waals surface area contributed by atoms with Crippen LogP contribution in [0, 0.1) is 6.92 Å². The Morgan fingerprint density at radius 3 is 2.75 bits per heavy atom. The van der Waals surface area contributed by atoms with Crippen molar-refractivity contribution in [3.8, 4) is 0 Å². The molecule has 0 aliphatic carbocycles. The third-order valence-electron chi connectivity index (χ3n) is 2.58. The number of hydrogen-bond donors (Lipinski definition) is 1. The normalized spacial score (nSPS) is 10.6. The van der Waals surface area contributed by atoms with E-state index in [9.17, 15) is 0 Å². The van der Waals surface area contributed by atoms with Crippen LogP contribution in [0.5, 0.6) is 0 Å². The van der Waals surface area contributed by atoms with Crippen molar-refractivity contribution >= 4 is 17.6 Å². The summed E-state index contributed by atoms with van der Waals surface area (Å²) < 4.78 is 1.84. The Hall–Kier alpha value is -1.42. The van der Waals surface area contributed by atoms with Crippen LogP contribution < -0.4 is 5.73 Å². The molecule has 2 rings (SSSR count). The van der Waals surface area contributed by atoms with Gasteiger partial charge in [-0.05, 0) is 24.3 Å². The van der Waals surface area contributed by atoms with Crippen LogP contribution in [0.25, 0.3) is 0 Å². The number of hydrogen-bond acceptors (Lipinski definition) is 3. The summed E-state index contributed by atoms with van der Waals surface area (Å²) in [5.74, 6) is 0.715. The van der Waals surface area contributed by atoms with Crippen LogP contribution >= 0.6 is 11.8 Å². The van der Waals surface area contributed by atoms with Crippen molar-refractivity contribution in [3.63, 3.8) is 0 Å². The van der Waals surface area contributed by atoms with Crippen molar-refractivity contribution in [3.05, 3.63) is 41.5 Å². The molecule has 0 atom stereocenters. The van der Waals surface area contributed by atoms with Gasteiger partial charge in [0.15, 0.2) is 0 Å². The zero-order chi connectivity index (χ0) is 11.5. The molecular weight excluding hydrogens is 218 g/mol.